The Morgan fingerprint density at radius 1 is 1.09 bits per heavy atom. The van der Waals surface area contributed by atoms with E-state index in [-0.39, 0.29) is 4.90 Å². The number of hydrogen-bond acceptors (Lipinski definition) is 3. The molecule has 3 aromatic rings. The van der Waals surface area contributed by atoms with Crippen LogP contribution >= 0.6 is 15.9 Å². The molecule has 0 saturated heterocycles. The molecule has 0 bridgehead atoms. The molecule has 1 heterocycles. The summed E-state index contributed by atoms with van der Waals surface area (Å²) in [7, 11) is -3.66. The van der Waals surface area contributed by atoms with Crippen molar-refractivity contribution in [3.63, 3.8) is 0 Å². The van der Waals surface area contributed by atoms with Crippen LogP contribution in [0.2, 0.25) is 0 Å². The first kappa shape index (κ1) is 15.8. The number of hydrogen-bond donors (Lipinski definition) is 1. The van der Waals surface area contributed by atoms with E-state index >= 15 is 0 Å². The first-order valence-corrected chi connectivity index (χ1v) is 9.12. The first-order chi connectivity index (χ1) is 11.0. The lowest BCUT2D eigenvalue weighted by molar-refractivity contribution is 0.601. The minimum absolute atomic E-state index is 0.222. The van der Waals surface area contributed by atoms with E-state index in [2.05, 4.69) is 25.8 Å². The van der Waals surface area contributed by atoms with Crippen LogP contribution < -0.4 is 4.72 Å². The largest absolute Gasteiger partial charge is 0.277 e. The summed E-state index contributed by atoms with van der Waals surface area (Å²) in [5, 5.41) is 4.20. The number of para-hydroxylation sites is 2. The quantitative estimate of drug-likeness (QED) is 0.736. The van der Waals surface area contributed by atoms with Gasteiger partial charge in [-0.1, -0.05) is 29.8 Å². The van der Waals surface area contributed by atoms with E-state index in [0.29, 0.717) is 11.4 Å². The van der Waals surface area contributed by atoms with Crippen LogP contribution in [0.15, 0.2) is 70.3 Å². The Bertz CT molecular complexity index is 934. The van der Waals surface area contributed by atoms with Gasteiger partial charge in [-0.3, -0.25) is 4.72 Å². The molecule has 7 heteroatoms. The molecule has 2 aromatic carbocycles. The van der Waals surface area contributed by atoms with Crippen molar-refractivity contribution in [3.05, 3.63) is 71.0 Å². The number of halogens is 1. The van der Waals surface area contributed by atoms with Crippen LogP contribution in [0.4, 0.5) is 5.69 Å². The highest BCUT2D eigenvalue weighted by Gasteiger charge is 2.16. The summed E-state index contributed by atoms with van der Waals surface area (Å²) in [4.78, 5) is 0.222. The zero-order chi connectivity index (χ0) is 16.4. The topological polar surface area (TPSA) is 64.0 Å². The highest BCUT2D eigenvalue weighted by atomic mass is 79.9. The van der Waals surface area contributed by atoms with Gasteiger partial charge >= 0.3 is 0 Å². The molecular weight excluding hydrogens is 378 g/mol. The summed E-state index contributed by atoms with van der Waals surface area (Å²) in [6, 6.07) is 13.8. The Labute approximate surface area is 143 Å². The Balaban J connectivity index is 1.98. The fourth-order valence-corrected chi connectivity index (χ4v) is 3.47. The van der Waals surface area contributed by atoms with Gasteiger partial charge in [-0.15, -0.1) is 0 Å². The molecule has 0 aliphatic heterocycles. The average Bonchev–Trinajstić information content (AvgIpc) is 2.94. The van der Waals surface area contributed by atoms with Crippen molar-refractivity contribution in [2.24, 2.45) is 0 Å². The molecule has 23 heavy (non-hydrogen) atoms. The number of anilines is 1. The van der Waals surface area contributed by atoms with E-state index < -0.39 is 10.0 Å². The molecule has 3 rings (SSSR count). The molecule has 1 N–H and O–H groups in total. The number of nitrogens with one attached hydrogen (secondary N) is 1. The molecule has 0 aliphatic carbocycles. The van der Waals surface area contributed by atoms with Crippen molar-refractivity contribution >= 4 is 31.6 Å². The lowest BCUT2D eigenvalue weighted by atomic mass is 10.2. The lowest BCUT2D eigenvalue weighted by Crippen LogP contribution is -2.14. The van der Waals surface area contributed by atoms with Crippen molar-refractivity contribution in [3.8, 4) is 5.69 Å². The number of sulfonamides is 1. The van der Waals surface area contributed by atoms with Gasteiger partial charge in [0.05, 0.1) is 26.9 Å². The normalized spacial score (nSPS) is 11.4. The van der Waals surface area contributed by atoms with Gasteiger partial charge < -0.3 is 0 Å². The van der Waals surface area contributed by atoms with Crippen LogP contribution in [0.1, 0.15) is 5.56 Å². The monoisotopic (exact) mass is 391 g/mol. The van der Waals surface area contributed by atoms with Gasteiger partial charge in [0, 0.05) is 6.20 Å². The third kappa shape index (κ3) is 3.46. The maximum atomic E-state index is 12.6. The molecule has 0 spiro atoms. The summed E-state index contributed by atoms with van der Waals surface area (Å²) in [5.41, 5.74) is 2.11. The number of benzene rings is 2. The molecule has 5 nitrogen and oxygen atoms in total. The molecule has 0 unspecified atom stereocenters. The summed E-state index contributed by atoms with van der Waals surface area (Å²) in [5.74, 6) is 0. The van der Waals surface area contributed by atoms with E-state index in [1.807, 2.05) is 13.0 Å². The average molecular weight is 392 g/mol. The number of aryl methyl sites for hydroxylation is 1. The van der Waals surface area contributed by atoms with E-state index in [1.54, 1.807) is 59.5 Å². The van der Waals surface area contributed by atoms with E-state index in [9.17, 15) is 8.42 Å². The molecule has 0 aliphatic rings. The molecule has 118 valence electrons. The fourth-order valence-electron chi connectivity index (χ4n) is 2.11. The third-order valence-corrected chi connectivity index (χ3v) is 5.07. The van der Waals surface area contributed by atoms with Crippen molar-refractivity contribution in [2.75, 3.05) is 4.72 Å². The van der Waals surface area contributed by atoms with Crippen molar-refractivity contribution in [1.82, 2.24) is 9.78 Å². The lowest BCUT2D eigenvalue weighted by Gasteiger charge is -2.12. The van der Waals surface area contributed by atoms with E-state index in [0.717, 1.165) is 10.0 Å². The van der Waals surface area contributed by atoms with E-state index in [4.69, 9.17) is 0 Å². The number of aromatic nitrogens is 2. The molecule has 0 fully saturated rings. The number of rotatable bonds is 4. The van der Waals surface area contributed by atoms with Gasteiger partial charge in [0.1, 0.15) is 0 Å². The van der Waals surface area contributed by atoms with E-state index in [1.165, 1.54) is 0 Å². The minimum Gasteiger partial charge on any atom is -0.277 e. The van der Waals surface area contributed by atoms with Crippen LogP contribution in [-0.2, 0) is 10.0 Å². The summed E-state index contributed by atoms with van der Waals surface area (Å²) < 4.78 is 30.2. The standard InChI is InChI=1S/C16H14BrN3O2S/c1-12-6-8-14(9-7-12)23(21,22)19-15-4-2-3-5-16(15)20-11-13(17)10-18-20/h2-11,19H,1H3. The fraction of sp³-hybridized carbons (Fsp3) is 0.0625. The highest BCUT2D eigenvalue weighted by Crippen LogP contribution is 2.24. The van der Waals surface area contributed by atoms with Gasteiger partial charge in [-0.2, -0.15) is 5.10 Å². The van der Waals surface area contributed by atoms with Gasteiger partial charge in [0.25, 0.3) is 10.0 Å². The second-order valence-electron chi connectivity index (χ2n) is 5.04. The van der Waals surface area contributed by atoms with Crippen LogP contribution in [-0.4, -0.2) is 18.2 Å². The van der Waals surface area contributed by atoms with Crippen molar-refractivity contribution in [1.29, 1.82) is 0 Å². The van der Waals surface area contributed by atoms with Gasteiger partial charge in [-0.25, -0.2) is 13.1 Å². The third-order valence-electron chi connectivity index (χ3n) is 3.28. The maximum absolute atomic E-state index is 12.6. The Kier molecular flexibility index (Phi) is 4.23. The summed E-state index contributed by atoms with van der Waals surface area (Å²) in [6.07, 6.45) is 3.41. The molecule has 0 radical (unpaired) electrons. The molecule has 1 aromatic heterocycles. The summed E-state index contributed by atoms with van der Waals surface area (Å²) in [6.45, 7) is 1.91. The van der Waals surface area contributed by atoms with Crippen molar-refractivity contribution < 1.29 is 8.42 Å². The smallest absolute Gasteiger partial charge is 0.261 e. The highest BCUT2D eigenvalue weighted by molar-refractivity contribution is 9.10. The second-order valence-corrected chi connectivity index (χ2v) is 7.64. The zero-order valence-electron chi connectivity index (χ0n) is 12.3. The molecule has 0 atom stereocenters. The maximum Gasteiger partial charge on any atom is 0.261 e. The SMILES string of the molecule is Cc1ccc(S(=O)(=O)Nc2ccccc2-n2cc(Br)cn2)cc1. The first-order valence-electron chi connectivity index (χ1n) is 6.85. The predicted molar refractivity (Wildman–Crippen MR) is 93.3 cm³/mol. The van der Waals surface area contributed by atoms with Crippen LogP contribution in [0.25, 0.3) is 5.69 Å². The molecular formula is C16H14BrN3O2S. The van der Waals surface area contributed by atoms with Crippen LogP contribution in [0.5, 0.6) is 0 Å². The Hall–Kier alpha value is -2.12. The second kappa shape index (κ2) is 6.17. The Morgan fingerprint density at radius 3 is 2.43 bits per heavy atom. The summed E-state index contributed by atoms with van der Waals surface area (Å²) >= 11 is 3.34. The van der Waals surface area contributed by atoms with Crippen molar-refractivity contribution in [2.45, 2.75) is 11.8 Å². The predicted octanol–water partition coefficient (Wildman–Crippen LogP) is 3.74. The van der Waals surface area contributed by atoms with Crippen LogP contribution in [0.3, 0.4) is 0 Å². The van der Waals surface area contributed by atoms with Gasteiger partial charge in [0.2, 0.25) is 0 Å². The molecule has 0 saturated carbocycles. The van der Waals surface area contributed by atoms with Gasteiger partial charge in [0.15, 0.2) is 0 Å². The van der Waals surface area contributed by atoms with Gasteiger partial charge in [-0.05, 0) is 47.1 Å². The Morgan fingerprint density at radius 2 is 1.78 bits per heavy atom. The van der Waals surface area contributed by atoms with Crippen LogP contribution in [0, 0.1) is 6.92 Å². The minimum atomic E-state index is -3.66. The zero-order valence-corrected chi connectivity index (χ0v) is 14.7. The molecule has 0 amide bonds. The number of nitrogens with zero attached hydrogens (tertiary/aromatic N) is 2.